The number of carbonyl (C=O) groups excluding carboxylic acids is 2. The molecule has 0 N–H and O–H groups in total. The third-order valence-electron chi connectivity index (χ3n) is 0.498. The molecular weight excluding hydrogens is 144 g/mol. The maximum absolute atomic E-state index is 10.0. The Morgan fingerprint density at radius 1 is 1.12 bits per heavy atom. The van der Waals surface area contributed by atoms with Crippen molar-refractivity contribution in [3.05, 3.63) is 0 Å². The molecule has 0 heterocycles. The van der Waals surface area contributed by atoms with Crippen molar-refractivity contribution in [2.45, 2.75) is 20.3 Å². The van der Waals surface area contributed by atoms with E-state index in [9.17, 15) is 9.59 Å². The van der Waals surface area contributed by atoms with Crippen molar-refractivity contribution in [2.75, 3.05) is 0 Å². The molecule has 0 bridgehead atoms. The van der Waals surface area contributed by atoms with Crippen LogP contribution >= 0.6 is 0 Å². The predicted octanol–water partition coefficient (Wildman–Crippen LogP) is 0.552. The smallest absolute Gasteiger partial charge is 0.300 e. The molecule has 0 aromatic rings. The summed E-state index contributed by atoms with van der Waals surface area (Å²) in [6.07, 6.45) is 0.0833. The fourth-order valence-electron chi connectivity index (χ4n) is 0.351. The zero-order valence-electron chi connectivity index (χ0n) is 4.93. The predicted molar refractivity (Wildman–Crippen MR) is 26.0 cm³/mol. The van der Waals surface area contributed by atoms with Gasteiger partial charge >= 0.3 is 17.4 Å². The van der Waals surface area contributed by atoms with E-state index in [0.717, 1.165) is 0 Å². The standard InChI is InChI=1S/C5H8O2.Cr/c1-4(6)3-5(2)7;/h3H2,1-2H3;/q;+2. The minimum absolute atomic E-state index is 0. The first-order valence-corrected chi connectivity index (χ1v) is 2.12. The van der Waals surface area contributed by atoms with Crippen LogP contribution in [0.15, 0.2) is 0 Å². The first kappa shape index (κ1) is 10.8. The fourth-order valence-corrected chi connectivity index (χ4v) is 0.351. The Morgan fingerprint density at radius 2 is 1.38 bits per heavy atom. The molecule has 0 atom stereocenters. The summed E-state index contributed by atoms with van der Waals surface area (Å²) < 4.78 is 0. The van der Waals surface area contributed by atoms with Crippen LogP contribution in [0.4, 0.5) is 0 Å². The van der Waals surface area contributed by atoms with Crippen molar-refractivity contribution in [3.63, 3.8) is 0 Å². The van der Waals surface area contributed by atoms with Crippen LogP contribution in [0.2, 0.25) is 0 Å². The van der Waals surface area contributed by atoms with Gasteiger partial charge in [0.1, 0.15) is 11.6 Å². The van der Waals surface area contributed by atoms with E-state index in [4.69, 9.17) is 0 Å². The van der Waals surface area contributed by atoms with Crippen molar-refractivity contribution < 1.29 is 27.0 Å². The summed E-state index contributed by atoms with van der Waals surface area (Å²) in [5.41, 5.74) is 0. The first-order valence-electron chi connectivity index (χ1n) is 2.12. The molecule has 3 heteroatoms. The second-order valence-electron chi connectivity index (χ2n) is 1.58. The van der Waals surface area contributed by atoms with Gasteiger partial charge in [0.2, 0.25) is 0 Å². The van der Waals surface area contributed by atoms with Crippen molar-refractivity contribution in [1.82, 2.24) is 0 Å². The number of rotatable bonds is 2. The second-order valence-corrected chi connectivity index (χ2v) is 1.58. The third kappa shape index (κ3) is 9.30. The van der Waals surface area contributed by atoms with Crippen LogP contribution in [-0.2, 0) is 27.0 Å². The van der Waals surface area contributed by atoms with E-state index in [1.54, 1.807) is 0 Å². The number of carbonyl (C=O) groups is 2. The maximum Gasteiger partial charge on any atom is 2.00 e. The molecule has 0 unspecified atom stereocenters. The monoisotopic (exact) mass is 152 g/mol. The van der Waals surface area contributed by atoms with Crippen molar-refractivity contribution >= 4 is 11.6 Å². The van der Waals surface area contributed by atoms with Crippen LogP contribution in [-0.4, -0.2) is 11.6 Å². The number of ketones is 2. The summed E-state index contributed by atoms with van der Waals surface area (Å²) in [7, 11) is 0. The molecule has 0 fully saturated rings. The van der Waals surface area contributed by atoms with Gasteiger partial charge in [-0.25, -0.2) is 0 Å². The summed E-state index contributed by atoms with van der Waals surface area (Å²) in [6, 6.07) is 0. The molecule has 0 aromatic carbocycles. The summed E-state index contributed by atoms with van der Waals surface area (Å²) in [5.74, 6) is -0.125. The molecule has 8 heavy (non-hydrogen) atoms. The van der Waals surface area contributed by atoms with Crippen LogP contribution < -0.4 is 0 Å². The average Bonchev–Trinajstić information content (AvgIpc) is 1.27. The van der Waals surface area contributed by atoms with Crippen LogP contribution in [0.5, 0.6) is 0 Å². The van der Waals surface area contributed by atoms with E-state index < -0.39 is 0 Å². The zero-order chi connectivity index (χ0) is 5.86. The number of hydrogen-bond donors (Lipinski definition) is 0. The summed E-state index contributed by atoms with van der Waals surface area (Å²) in [5, 5.41) is 0. The number of Topliss-reactive ketones (excluding diaryl/α,β-unsaturated/α-hetero) is 2. The third-order valence-corrected chi connectivity index (χ3v) is 0.498. The van der Waals surface area contributed by atoms with Gasteiger partial charge in [0.05, 0.1) is 6.42 Å². The molecule has 0 aliphatic rings. The van der Waals surface area contributed by atoms with Gasteiger partial charge in [0.15, 0.2) is 0 Å². The fraction of sp³-hybridized carbons (Fsp3) is 0.600. The average molecular weight is 152 g/mol. The van der Waals surface area contributed by atoms with Crippen molar-refractivity contribution in [3.8, 4) is 0 Å². The topological polar surface area (TPSA) is 34.1 Å². The Kier molecular flexibility index (Phi) is 6.76. The van der Waals surface area contributed by atoms with Gasteiger partial charge in [-0.2, -0.15) is 0 Å². The van der Waals surface area contributed by atoms with E-state index in [1.165, 1.54) is 13.8 Å². The van der Waals surface area contributed by atoms with Crippen LogP contribution in [0.25, 0.3) is 0 Å². The first-order chi connectivity index (χ1) is 3.13. The quantitative estimate of drug-likeness (QED) is 0.541. The molecule has 0 radical (unpaired) electrons. The Balaban J connectivity index is 0. The minimum Gasteiger partial charge on any atom is -0.300 e. The summed E-state index contributed by atoms with van der Waals surface area (Å²) >= 11 is 0. The number of hydrogen-bond acceptors (Lipinski definition) is 2. The SMILES string of the molecule is CC(=O)CC(C)=O.[Cr+2]. The minimum atomic E-state index is -0.0625. The second kappa shape index (κ2) is 5.02. The van der Waals surface area contributed by atoms with Crippen LogP contribution in [0.1, 0.15) is 20.3 Å². The van der Waals surface area contributed by atoms with Gasteiger partial charge in [0.25, 0.3) is 0 Å². The molecule has 0 saturated carbocycles. The Hall–Kier alpha value is -0.128. The molecule has 2 nitrogen and oxygen atoms in total. The summed E-state index contributed by atoms with van der Waals surface area (Å²) in [4.78, 5) is 20.1. The van der Waals surface area contributed by atoms with Crippen LogP contribution in [0.3, 0.4) is 0 Å². The van der Waals surface area contributed by atoms with E-state index in [1.807, 2.05) is 0 Å². The Labute approximate surface area is 59.4 Å². The molecular formula is C5H8CrO2+2. The summed E-state index contributed by atoms with van der Waals surface area (Å²) in [6.45, 7) is 2.81. The van der Waals surface area contributed by atoms with E-state index in [0.29, 0.717) is 0 Å². The molecule has 0 aliphatic heterocycles. The van der Waals surface area contributed by atoms with Crippen LogP contribution in [0, 0.1) is 0 Å². The molecule has 0 amide bonds. The van der Waals surface area contributed by atoms with Gasteiger partial charge in [-0.05, 0) is 13.8 Å². The molecule has 0 rings (SSSR count). The van der Waals surface area contributed by atoms with E-state index in [-0.39, 0.29) is 35.3 Å². The normalized spacial score (nSPS) is 7.25. The van der Waals surface area contributed by atoms with E-state index in [2.05, 4.69) is 0 Å². The van der Waals surface area contributed by atoms with Crippen molar-refractivity contribution in [1.29, 1.82) is 0 Å². The molecule has 0 spiro atoms. The largest absolute Gasteiger partial charge is 2.00 e. The molecule has 0 aliphatic carbocycles. The maximum atomic E-state index is 10.0. The molecule has 44 valence electrons. The van der Waals surface area contributed by atoms with Gasteiger partial charge in [-0.15, -0.1) is 0 Å². The molecule has 0 saturated heterocycles. The Bertz CT molecular complexity index is 86.6. The zero-order valence-corrected chi connectivity index (χ0v) is 6.21. The Morgan fingerprint density at radius 3 is 1.38 bits per heavy atom. The van der Waals surface area contributed by atoms with Gasteiger partial charge in [0, 0.05) is 0 Å². The van der Waals surface area contributed by atoms with Gasteiger partial charge in [-0.1, -0.05) is 0 Å². The molecule has 0 aromatic heterocycles. The van der Waals surface area contributed by atoms with E-state index >= 15 is 0 Å². The van der Waals surface area contributed by atoms with Crippen molar-refractivity contribution in [2.24, 2.45) is 0 Å². The van der Waals surface area contributed by atoms with Gasteiger partial charge in [-0.3, -0.25) is 9.59 Å². The van der Waals surface area contributed by atoms with Gasteiger partial charge < -0.3 is 0 Å².